The van der Waals surface area contributed by atoms with E-state index in [1.165, 1.54) is 12.1 Å². The number of carbonyl (C=O) groups excluding carboxylic acids is 2. The van der Waals surface area contributed by atoms with Crippen molar-refractivity contribution < 1.29 is 18.7 Å². The number of halogens is 1. The molecule has 3 aromatic rings. The zero-order chi connectivity index (χ0) is 22.5. The van der Waals surface area contributed by atoms with Gasteiger partial charge >= 0.3 is 0 Å². The Morgan fingerprint density at radius 2 is 2.10 bits per heavy atom. The minimum absolute atomic E-state index is 0.00919. The lowest BCUT2D eigenvalue weighted by Crippen LogP contribution is -2.18. The van der Waals surface area contributed by atoms with E-state index < -0.39 is 17.6 Å². The number of primary amides is 1. The molecule has 0 atom stereocenters. The number of hydrogen-bond acceptors (Lipinski definition) is 7. The molecule has 1 aromatic carbocycles. The number of nitrogens with one attached hydrogen (secondary N) is 2. The summed E-state index contributed by atoms with van der Waals surface area (Å²) in [5.74, 6) is -1.76. The molecule has 2 amide bonds. The van der Waals surface area contributed by atoms with E-state index in [2.05, 4.69) is 32.3 Å². The highest BCUT2D eigenvalue weighted by molar-refractivity contribution is 5.99. The average Bonchev–Trinajstić information content (AvgIpc) is 3.14. The van der Waals surface area contributed by atoms with Crippen LogP contribution < -0.4 is 21.1 Å². The Morgan fingerprint density at radius 3 is 2.71 bits per heavy atom. The molecule has 10 nitrogen and oxygen atoms in total. The van der Waals surface area contributed by atoms with Crippen LogP contribution in [0.15, 0.2) is 43.1 Å². The number of amides is 2. The molecule has 0 spiro atoms. The Bertz CT molecular complexity index is 1160. The molecular weight excluding hydrogens is 405 g/mol. The topological polar surface area (TPSA) is 137 Å². The Balaban J connectivity index is 2.01. The maximum atomic E-state index is 14.4. The van der Waals surface area contributed by atoms with Crippen molar-refractivity contribution in [1.82, 2.24) is 19.7 Å². The molecule has 4 N–H and O–H groups in total. The summed E-state index contributed by atoms with van der Waals surface area (Å²) in [5, 5.41) is 9.54. The fourth-order valence-electron chi connectivity index (χ4n) is 2.59. The van der Waals surface area contributed by atoms with Gasteiger partial charge in [-0.25, -0.2) is 9.37 Å². The normalized spacial score (nSPS) is 10.4. The first-order valence-electron chi connectivity index (χ1n) is 9.19. The molecule has 0 aliphatic carbocycles. The first-order chi connectivity index (χ1) is 14.8. The van der Waals surface area contributed by atoms with E-state index >= 15 is 0 Å². The molecule has 0 saturated carbocycles. The van der Waals surface area contributed by atoms with E-state index in [0.717, 1.165) is 12.1 Å². The standard InChI is InChI=1S/C20H20FN7O3/c1-4-13-20(31-14-10-11(6-7-12(14)21)23-16(29)5-2)26-19(17(24-13)18(22)30)25-15-8-9-28(3)27-15/h5-10H,2,4H2,1,3H3,(H2,22,30)(H,23,29)(H,25,26,27). The minimum atomic E-state index is -0.799. The van der Waals surface area contributed by atoms with E-state index in [0.29, 0.717) is 23.6 Å². The van der Waals surface area contributed by atoms with Crippen LogP contribution >= 0.6 is 0 Å². The van der Waals surface area contributed by atoms with Crippen molar-refractivity contribution in [3.05, 3.63) is 60.3 Å². The van der Waals surface area contributed by atoms with Gasteiger partial charge in [0.1, 0.15) is 5.69 Å². The van der Waals surface area contributed by atoms with Crippen molar-refractivity contribution >= 4 is 29.1 Å². The van der Waals surface area contributed by atoms with Crippen molar-refractivity contribution in [1.29, 1.82) is 0 Å². The van der Waals surface area contributed by atoms with E-state index in [-0.39, 0.29) is 23.1 Å². The molecule has 0 aliphatic rings. The highest BCUT2D eigenvalue weighted by Gasteiger charge is 2.20. The third kappa shape index (κ3) is 5.01. The van der Waals surface area contributed by atoms with Crippen LogP contribution in [0.1, 0.15) is 23.1 Å². The monoisotopic (exact) mass is 425 g/mol. The van der Waals surface area contributed by atoms with Gasteiger partial charge in [0, 0.05) is 31.1 Å². The van der Waals surface area contributed by atoms with E-state index in [9.17, 15) is 14.0 Å². The molecule has 31 heavy (non-hydrogen) atoms. The molecule has 0 fully saturated rings. The van der Waals surface area contributed by atoms with Gasteiger partial charge in [0.15, 0.2) is 28.9 Å². The predicted molar refractivity (Wildman–Crippen MR) is 112 cm³/mol. The largest absolute Gasteiger partial charge is 0.434 e. The molecule has 11 heteroatoms. The molecule has 2 heterocycles. The van der Waals surface area contributed by atoms with Crippen molar-refractivity contribution in [3.63, 3.8) is 0 Å². The summed E-state index contributed by atoms with van der Waals surface area (Å²) in [6.07, 6.45) is 3.11. The number of nitrogens with two attached hydrogens (primary N) is 1. The van der Waals surface area contributed by atoms with Crippen LogP contribution in [0.2, 0.25) is 0 Å². The van der Waals surface area contributed by atoms with Gasteiger partial charge in [-0.1, -0.05) is 13.5 Å². The summed E-state index contributed by atoms with van der Waals surface area (Å²) in [6.45, 7) is 5.14. The molecule has 0 aliphatic heterocycles. The first kappa shape index (κ1) is 21.4. The fourth-order valence-corrected chi connectivity index (χ4v) is 2.59. The lowest BCUT2D eigenvalue weighted by molar-refractivity contribution is -0.111. The number of anilines is 3. The van der Waals surface area contributed by atoms with Crippen LogP contribution in [0.25, 0.3) is 0 Å². The number of rotatable bonds is 8. The number of aromatic nitrogens is 4. The number of carbonyl (C=O) groups is 2. The molecule has 0 unspecified atom stereocenters. The first-order valence-corrected chi connectivity index (χ1v) is 9.19. The van der Waals surface area contributed by atoms with Crippen LogP contribution in [-0.2, 0) is 18.3 Å². The summed E-state index contributed by atoms with van der Waals surface area (Å²) >= 11 is 0. The Hall–Kier alpha value is -4.28. The highest BCUT2D eigenvalue weighted by atomic mass is 19.1. The lowest BCUT2D eigenvalue weighted by atomic mass is 10.2. The van der Waals surface area contributed by atoms with E-state index in [4.69, 9.17) is 10.5 Å². The number of ether oxygens (including phenoxy) is 1. The number of aryl methyl sites for hydroxylation is 2. The average molecular weight is 425 g/mol. The van der Waals surface area contributed by atoms with Gasteiger partial charge in [-0.15, -0.1) is 0 Å². The quantitative estimate of drug-likeness (QED) is 0.472. The van der Waals surface area contributed by atoms with Gasteiger partial charge in [-0.05, 0) is 24.6 Å². The zero-order valence-corrected chi connectivity index (χ0v) is 16.8. The molecule has 160 valence electrons. The number of benzene rings is 1. The summed E-state index contributed by atoms with van der Waals surface area (Å²) < 4.78 is 21.6. The molecule has 3 rings (SSSR count). The van der Waals surface area contributed by atoms with Gasteiger partial charge in [0.05, 0.1) is 0 Å². The third-order valence-corrected chi connectivity index (χ3v) is 4.05. The second-order valence-electron chi connectivity index (χ2n) is 6.33. The number of nitrogens with zero attached hydrogens (tertiary/aromatic N) is 4. The summed E-state index contributed by atoms with van der Waals surface area (Å²) in [6, 6.07) is 5.47. The van der Waals surface area contributed by atoms with Gasteiger partial charge in [0.2, 0.25) is 11.8 Å². The SMILES string of the molecule is C=CC(=O)Nc1ccc(F)c(Oc2nc(Nc3ccn(C)n3)c(C(N)=O)nc2CC)c1. The van der Waals surface area contributed by atoms with Crippen LogP contribution in [0, 0.1) is 5.82 Å². The maximum absolute atomic E-state index is 14.4. The smallest absolute Gasteiger partial charge is 0.271 e. The van der Waals surface area contributed by atoms with E-state index in [1.54, 1.807) is 30.9 Å². The summed E-state index contributed by atoms with van der Waals surface area (Å²) in [4.78, 5) is 31.9. The van der Waals surface area contributed by atoms with Crippen LogP contribution in [0.3, 0.4) is 0 Å². The molecule has 0 radical (unpaired) electrons. The van der Waals surface area contributed by atoms with Gasteiger partial charge in [-0.3, -0.25) is 14.3 Å². The molecule has 0 saturated heterocycles. The second kappa shape index (κ2) is 9.03. The van der Waals surface area contributed by atoms with Gasteiger partial charge < -0.3 is 21.1 Å². The molecular formula is C20H20FN7O3. The Labute approximate surface area is 176 Å². The van der Waals surface area contributed by atoms with Crippen LogP contribution in [-0.4, -0.2) is 31.6 Å². The molecule has 2 aromatic heterocycles. The number of hydrogen-bond donors (Lipinski definition) is 3. The van der Waals surface area contributed by atoms with Gasteiger partial charge in [0.25, 0.3) is 5.91 Å². The Kier molecular flexibility index (Phi) is 6.24. The zero-order valence-electron chi connectivity index (χ0n) is 16.8. The summed E-state index contributed by atoms with van der Waals surface area (Å²) in [5.41, 5.74) is 5.93. The van der Waals surface area contributed by atoms with E-state index in [1.807, 2.05) is 0 Å². The minimum Gasteiger partial charge on any atom is -0.434 e. The van der Waals surface area contributed by atoms with Crippen molar-refractivity contribution in [2.24, 2.45) is 12.8 Å². The fraction of sp³-hybridized carbons (Fsp3) is 0.150. The van der Waals surface area contributed by atoms with Crippen molar-refractivity contribution in [3.8, 4) is 11.6 Å². The van der Waals surface area contributed by atoms with Crippen LogP contribution in [0.4, 0.5) is 21.7 Å². The second-order valence-corrected chi connectivity index (χ2v) is 6.33. The molecule has 0 bridgehead atoms. The van der Waals surface area contributed by atoms with Gasteiger partial charge in [-0.2, -0.15) is 10.1 Å². The predicted octanol–water partition coefficient (Wildman–Crippen LogP) is 2.67. The van der Waals surface area contributed by atoms with Crippen molar-refractivity contribution in [2.45, 2.75) is 13.3 Å². The lowest BCUT2D eigenvalue weighted by Gasteiger charge is -2.14. The Morgan fingerprint density at radius 1 is 1.32 bits per heavy atom. The maximum Gasteiger partial charge on any atom is 0.271 e. The summed E-state index contributed by atoms with van der Waals surface area (Å²) in [7, 11) is 1.72. The van der Waals surface area contributed by atoms with Crippen LogP contribution in [0.5, 0.6) is 11.6 Å². The third-order valence-electron chi connectivity index (χ3n) is 4.05. The van der Waals surface area contributed by atoms with Crippen molar-refractivity contribution in [2.75, 3.05) is 10.6 Å². The highest BCUT2D eigenvalue weighted by Crippen LogP contribution is 2.30.